The van der Waals surface area contributed by atoms with E-state index >= 15 is 0 Å². The first kappa shape index (κ1) is 125. The van der Waals surface area contributed by atoms with E-state index in [1.807, 2.05) is 12.2 Å². The van der Waals surface area contributed by atoms with Gasteiger partial charge in [-0.25, -0.2) is 9.39 Å². The van der Waals surface area contributed by atoms with E-state index in [1.165, 1.54) is 500 Å². The summed E-state index contributed by atoms with van der Waals surface area (Å²) < 4.78 is 2.87. The molecule has 6 rings (SSSR count). The van der Waals surface area contributed by atoms with Crippen molar-refractivity contribution in [3.63, 3.8) is 0 Å². The van der Waals surface area contributed by atoms with Crippen LogP contribution in [0.25, 0.3) is 33.9 Å². The van der Waals surface area contributed by atoms with Crippen molar-refractivity contribution in [1.29, 1.82) is 0 Å². The second-order valence-electron chi connectivity index (χ2n) is 41.0. The second-order valence-corrected chi connectivity index (χ2v) is 44.5. The molecule has 0 unspecified atom stereocenters. The Hall–Kier alpha value is -4.76. The van der Waals surface area contributed by atoms with Crippen LogP contribution in [0.4, 0.5) is 0 Å². The molecule has 4 aromatic rings. The van der Waals surface area contributed by atoms with Gasteiger partial charge in [0.2, 0.25) is 22.8 Å². The van der Waals surface area contributed by atoms with Crippen molar-refractivity contribution in [2.45, 2.75) is 591 Å². The number of rotatable bonds is 87. The van der Waals surface area contributed by atoms with Crippen LogP contribution in [-0.2, 0) is 45.3 Å². The van der Waals surface area contributed by atoms with Gasteiger partial charge in [-0.1, -0.05) is 415 Å². The molecule has 2 aliphatic heterocycles. The molecule has 0 saturated heterocycles. The third-order valence-electron chi connectivity index (χ3n) is 28.2. The molecule has 0 amide bonds. The van der Waals surface area contributed by atoms with Crippen LogP contribution in [0.1, 0.15) is 588 Å². The quantitative estimate of drug-likeness (QED) is 0.0139. The van der Waals surface area contributed by atoms with E-state index in [4.69, 9.17) is 0 Å². The monoisotopic (exact) mass is 2000 g/mol. The molecule has 0 radical (unpaired) electrons. The molecule has 0 aromatic heterocycles. The maximum absolute atomic E-state index is 11.6. The van der Waals surface area contributed by atoms with Gasteiger partial charge in [-0.3, -0.25) is 0 Å². The van der Waals surface area contributed by atoms with Gasteiger partial charge in [-0.15, -0.1) is 0 Å². The molecule has 4 aromatic carbocycles. The average Bonchev–Trinajstić information content (AvgIpc) is 1.61. The van der Waals surface area contributed by atoms with Gasteiger partial charge >= 0.3 is 220 Å². The van der Waals surface area contributed by atoms with Crippen molar-refractivity contribution >= 4 is 22.8 Å². The first-order chi connectivity index (χ1) is 67.0. The fraction of sp³-hybridized carbons (Fsp3) is 0.708. The predicted molar refractivity (Wildman–Crippen MR) is 601 cm³/mol. The summed E-state index contributed by atoms with van der Waals surface area (Å²) in [5.74, 6) is 6.83. The van der Waals surface area contributed by atoms with Gasteiger partial charge in [0.15, 0.2) is 0 Å². The molecule has 0 saturated carbocycles. The minimum absolute atomic E-state index is 0.809. The first-order valence-electron chi connectivity index (χ1n) is 58.8. The fourth-order valence-electron chi connectivity index (χ4n) is 19.4. The number of benzene rings is 4. The number of hydrogen-bond donors (Lipinski definition) is 0. The third-order valence-corrected chi connectivity index (χ3v) is 31.4. The van der Waals surface area contributed by atoms with E-state index < -0.39 is 0 Å². The van der Waals surface area contributed by atoms with Gasteiger partial charge in [0.25, 0.3) is 0 Å². The number of hydrogen-bond acceptors (Lipinski definition) is 0. The molecular formula is C130H216N4NiPd. The summed E-state index contributed by atoms with van der Waals surface area (Å²) >= 11 is 2.89. The van der Waals surface area contributed by atoms with Gasteiger partial charge < -0.3 is 11.1 Å². The van der Waals surface area contributed by atoms with Crippen molar-refractivity contribution in [2.24, 2.45) is 0 Å². The molecule has 0 spiro atoms. The summed E-state index contributed by atoms with van der Waals surface area (Å²) in [5, 5.41) is 2.87. The number of aryl methyl sites for hydroxylation is 4. The Morgan fingerprint density at radius 1 is 0.257 bits per heavy atom. The zero-order valence-corrected chi connectivity index (χ0v) is 93.8. The molecular weight excluding hydrogens is 1780 g/mol. The number of allylic oxidation sites excluding steroid dienone is 6. The SMILES string of the molecule is C=C[CH2][Pd][CH2]C=C.CCCCC#CC1=C(c2ccc(CCCCCCCC)cc2)[N+](=[N-])C(c2ccc(CCCCCCCC)cc2)=C1C.CCCCCC1=C(c2ccc(C)cc2)[N+](=[N-])C(c2ccc(C)cc2)=C1CCCC.CCCCCCCCCCCCCCCCCCCCCCCCCCCC[CH2][Ni][CH2]CCCCCCCCCCCCCCCCCCCCCCCCCCCC. The van der Waals surface area contributed by atoms with Crippen LogP contribution in [0.3, 0.4) is 0 Å². The minimum Gasteiger partial charge on any atom is -0.0654 e. The van der Waals surface area contributed by atoms with E-state index in [2.05, 4.69) is 206 Å². The number of unbranched alkanes of at least 4 members (excludes halogenated alkanes) is 67. The molecule has 0 aliphatic carbocycles. The van der Waals surface area contributed by atoms with Crippen LogP contribution < -0.4 is 0 Å². The summed E-state index contributed by atoms with van der Waals surface area (Å²) in [4.78, 5) is 2.33. The third kappa shape index (κ3) is 64.0. The molecule has 2 heterocycles. The van der Waals surface area contributed by atoms with E-state index in [0.717, 1.165) is 138 Å². The van der Waals surface area contributed by atoms with Crippen molar-refractivity contribution < 1.29 is 41.8 Å². The topological polar surface area (TPSA) is 50.6 Å². The Bertz CT molecular complexity index is 3620. The van der Waals surface area contributed by atoms with Crippen molar-refractivity contribution in [3.8, 4) is 11.8 Å². The van der Waals surface area contributed by atoms with Gasteiger partial charge in [-0.2, -0.15) is 0 Å². The molecule has 0 fully saturated rings. The molecule has 0 N–H and O–H groups in total. The summed E-state index contributed by atoms with van der Waals surface area (Å²) in [6.07, 6.45) is 113. The van der Waals surface area contributed by atoms with Crippen molar-refractivity contribution in [1.82, 2.24) is 0 Å². The summed E-state index contributed by atoms with van der Waals surface area (Å²) in [7, 11) is 0. The summed E-state index contributed by atoms with van der Waals surface area (Å²) in [6.45, 7) is 29.4. The van der Waals surface area contributed by atoms with Gasteiger partial charge in [0.1, 0.15) is 5.57 Å². The predicted octanol–water partition coefficient (Wildman–Crippen LogP) is 45.4. The minimum atomic E-state index is 0.809. The molecule has 136 heavy (non-hydrogen) atoms. The molecule has 4 nitrogen and oxygen atoms in total. The molecule has 776 valence electrons. The first-order valence-corrected chi connectivity index (χ1v) is 62.4. The van der Waals surface area contributed by atoms with Crippen LogP contribution in [0.2, 0.25) is 20.6 Å². The zero-order chi connectivity index (χ0) is 97.9. The van der Waals surface area contributed by atoms with Gasteiger partial charge in [-0.05, 0) is 138 Å². The van der Waals surface area contributed by atoms with Gasteiger partial charge in [0.05, 0.1) is 0 Å². The van der Waals surface area contributed by atoms with Crippen LogP contribution >= 0.6 is 0 Å². The van der Waals surface area contributed by atoms with Crippen LogP contribution in [0, 0.1) is 25.7 Å². The summed E-state index contributed by atoms with van der Waals surface area (Å²) in [6, 6.07) is 34.7. The fourth-order valence-corrected chi connectivity index (χ4v) is 21.5. The van der Waals surface area contributed by atoms with Crippen LogP contribution in [0.5, 0.6) is 0 Å². The molecule has 2 aliphatic rings. The van der Waals surface area contributed by atoms with Crippen LogP contribution in [-0.4, -0.2) is 9.39 Å². The second kappa shape index (κ2) is 92.6. The number of nitrogens with zero attached hydrogens (tertiary/aromatic N) is 4. The standard InChI is InChI=1S/C39H54N2.2C29H59.C27H34N2.2C3H5.Ni.Pd/c1-5-8-11-14-16-18-21-33-24-28-35(29-25-33)38-32(4)37(23-20-13-10-7-3)39(41(38)40)36-30-26-34(27-31-36)22-19-17-15-12-9-6-2;2*1-3-5-7-9-11-13-15-17-19-21-23-25-27-29-28-26-24-22-20-18-16-14-12-10-8-6-4-2;1-5-7-9-11-25-24(10-8-6-2)26(22-16-12-20(3)13-17-22)29(28)27(25)23-18-14-21(4)15-19-23;2*1-3-2;;/h24-31H,5-19,21-22H2,1-4H3;2*1,3-29H2,2H3;12-19H,5-11H2,1-4H3;2*3H,1-2H2;;. The normalized spacial score (nSPS) is 12.6. The van der Waals surface area contributed by atoms with Crippen molar-refractivity contribution in [3.05, 3.63) is 200 Å². The van der Waals surface area contributed by atoms with Gasteiger partial charge in [0, 0.05) is 45.4 Å². The van der Waals surface area contributed by atoms with E-state index in [1.54, 1.807) is 0 Å². The Morgan fingerprint density at radius 2 is 0.478 bits per heavy atom. The maximum atomic E-state index is 11.6. The van der Waals surface area contributed by atoms with E-state index in [0.29, 0.717) is 0 Å². The van der Waals surface area contributed by atoms with Crippen LogP contribution in [0.15, 0.2) is 145 Å². The molecule has 6 heteroatoms. The smallest absolute Gasteiger partial charge is 0.0654 e. The molecule has 0 bridgehead atoms. The Morgan fingerprint density at radius 3 is 0.757 bits per heavy atom. The van der Waals surface area contributed by atoms with Crippen molar-refractivity contribution in [2.75, 3.05) is 0 Å². The average molecular weight is 2000 g/mol. The van der Waals surface area contributed by atoms with E-state index in [9.17, 15) is 11.1 Å². The Labute approximate surface area is 860 Å². The zero-order valence-electron chi connectivity index (χ0n) is 91.2. The Balaban J connectivity index is 0.000000532. The Kier molecular flexibility index (Phi) is 85.4. The molecule has 0 atom stereocenters. The summed E-state index contributed by atoms with van der Waals surface area (Å²) in [5.41, 5.74) is 40.7. The van der Waals surface area contributed by atoms with E-state index in [-0.39, 0.29) is 0 Å².